The van der Waals surface area contributed by atoms with E-state index in [1.807, 2.05) is 13.8 Å². The summed E-state index contributed by atoms with van der Waals surface area (Å²) in [5.41, 5.74) is 0.00775. The van der Waals surface area contributed by atoms with E-state index < -0.39 is 15.0 Å². The first-order chi connectivity index (χ1) is 8.33. The summed E-state index contributed by atoms with van der Waals surface area (Å²) in [4.78, 5) is 0. The normalized spacial score (nSPS) is 12.4. The van der Waals surface area contributed by atoms with E-state index in [4.69, 9.17) is 18.8 Å². The van der Waals surface area contributed by atoms with Gasteiger partial charge in [0.1, 0.15) is 0 Å². The molecule has 0 aromatic heterocycles. The summed E-state index contributed by atoms with van der Waals surface area (Å²) >= 11 is -2.10. The van der Waals surface area contributed by atoms with Crippen LogP contribution in [0.5, 0.6) is 0 Å². The average Bonchev–Trinajstić information content (AvgIpc) is 2.08. The van der Waals surface area contributed by atoms with E-state index in [1.165, 1.54) is 0 Å². The molecule has 19 heavy (non-hydrogen) atoms. The molecule has 0 aliphatic carbocycles. The van der Waals surface area contributed by atoms with Crippen LogP contribution < -0.4 is 0 Å². The van der Waals surface area contributed by atoms with Crippen molar-refractivity contribution in [2.45, 2.75) is 72.5 Å². The molecule has 0 saturated carbocycles. The third-order valence-electron chi connectivity index (χ3n) is 1.28. The molecule has 0 atom stereocenters. The molecular formula is C13H27Cl2N3W-2. The number of hydrogen-bond acceptors (Lipinski definition) is 1. The molecule has 0 radical (unpaired) electrons. The molecule has 0 aliphatic heterocycles. The zero-order valence-electron chi connectivity index (χ0n) is 13.2. The Morgan fingerprint density at radius 1 is 0.895 bits per heavy atom. The van der Waals surface area contributed by atoms with Crippen molar-refractivity contribution in [1.29, 1.82) is 0 Å². The van der Waals surface area contributed by atoms with Crippen molar-refractivity contribution in [2.24, 2.45) is 3.50 Å². The second kappa shape index (κ2) is 10.2. The molecule has 0 unspecified atom stereocenters. The molecule has 6 heteroatoms. The molecule has 0 aliphatic rings. The van der Waals surface area contributed by atoms with Crippen LogP contribution >= 0.6 is 18.8 Å². The summed E-state index contributed by atoms with van der Waals surface area (Å²) in [6.07, 6.45) is 3.54. The van der Waals surface area contributed by atoms with Gasteiger partial charge in [0, 0.05) is 0 Å². The minimum atomic E-state index is -2.10. The van der Waals surface area contributed by atoms with Crippen LogP contribution in [0.3, 0.4) is 0 Å². The molecule has 3 nitrogen and oxygen atoms in total. The maximum atomic E-state index is 5.47. The Morgan fingerprint density at radius 2 is 1.21 bits per heavy atom. The van der Waals surface area contributed by atoms with Crippen molar-refractivity contribution < 1.29 is 15.0 Å². The topological polar surface area (TPSA) is 40.6 Å². The van der Waals surface area contributed by atoms with Gasteiger partial charge in [-0.1, -0.05) is 41.5 Å². The summed E-state index contributed by atoms with van der Waals surface area (Å²) in [7, 11) is 10.9. The van der Waals surface area contributed by atoms with Crippen LogP contribution in [0.1, 0.15) is 55.4 Å². The van der Waals surface area contributed by atoms with Crippen LogP contribution in [-0.4, -0.2) is 17.1 Å². The molecule has 0 saturated heterocycles. The standard InChI is InChI=1S/C10H20N2.C3H7N.2ClH.W/c1-9(2,3)11-7-8-12-10(4,5)6;1-3(2)4;;;/h7-8H,1-6H3;3H,1-2H3;2*1H;/q-2;;;;+2/p-2/b8-7-;;;;. The van der Waals surface area contributed by atoms with E-state index in [0.717, 1.165) is 0 Å². The van der Waals surface area contributed by atoms with Crippen LogP contribution in [0.4, 0.5) is 0 Å². The van der Waals surface area contributed by atoms with Crippen LogP contribution in [-0.2, 0) is 15.0 Å². The summed E-state index contributed by atoms with van der Waals surface area (Å²) in [6, 6.07) is 0.323. The summed E-state index contributed by atoms with van der Waals surface area (Å²) in [5, 5.41) is 8.57. The molecule has 0 bridgehead atoms. The van der Waals surface area contributed by atoms with Crippen molar-refractivity contribution in [1.82, 2.24) is 0 Å². The van der Waals surface area contributed by atoms with E-state index in [9.17, 15) is 0 Å². The van der Waals surface area contributed by atoms with E-state index >= 15 is 0 Å². The molecule has 0 spiro atoms. The van der Waals surface area contributed by atoms with Crippen LogP contribution in [0.2, 0.25) is 0 Å². The van der Waals surface area contributed by atoms with E-state index in [0.29, 0.717) is 6.04 Å². The average molecular weight is 480 g/mol. The van der Waals surface area contributed by atoms with Crippen molar-refractivity contribution in [2.75, 3.05) is 0 Å². The molecule has 0 heterocycles. The Hall–Kier alpha value is 0.408. The van der Waals surface area contributed by atoms with Crippen LogP contribution in [0.25, 0.3) is 10.6 Å². The molecule has 0 amide bonds. The monoisotopic (exact) mass is 479 g/mol. The Bertz CT molecular complexity index is 267. The predicted octanol–water partition coefficient (Wildman–Crippen LogP) is 6.31. The zero-order valence-corrected chi connectivity index (χ0v) is 17.7. The molecule has 0 rings (SSSR count). The Labute approximate surface area is 132 Å². The SMILES string of the molecule is CC(C)(C)[N-]/C=C\[N-]C(C)(C)C.CC(C)[N]=[W]([Cl])[Cl]. The number of nitrogens with zero attached hydrogens (tertiary/aromatic N) is 3. The Balaban J connectivity index is 0. The van der Waals surface area contributed by atoms with Crippen molar-refractivity contribution in [3.63, 3.8) is 0 Å². The fraction of sp³-hybridized carbons (Fsp3) is 0.846. The second-order valence-corrected chi connectivity index (χ2v) is 14.5. The quantitative estimate of drug-likeness (QED) is 0.455. The molecule has 0 N–H and O–H groups in total. The molecule has 0 aromatic rings. The number of rotatable bonds is 3. The van der Waals surface area contributed by atoms with Gasteiger partial charge in [0.05, 0.1) is 0 Å². The third kappa shape index (κ3) is 27.6. The predicted molar refractivity (Wildman–Crippen MR) is 84.6 cm³/mol. The van der Waals surface area contributed by atoms with Gasteiger partial charge in [0.15, 0.2) is 0 Å². The summed E-state index contributed by atoms with van der Waals surface area (Å²) in [6.45, 7) is 16.3. The van der Waals surface area contributed by atoms with Crippen molar-refractivity contribution in [3.05, 3.63) is 23.0 Å². The first-order valence-electron chi connectivity index (χ1n) is 6.20. The summed E-state index contributed by atoms with van der Waals surface area (Å²) in [5.74, 6) is 0. The molecule has 0 fully saturated rings. The van der Waals surface area contributed by atoms with Gasteiger partial charge in [0.2, 0.25) is 0 Å². The molecular weight excluding hydrogens is 453 g/mol. The van der Waals surface area contributed by atoms with Crippen LogP contribution in [0.15, 0.2) is 15.9 Å². The minimum absolute atomic E-state index is 0.00387. The van der Waals surface area contributed by atoms with Gasteiger partial charge in [-0.25, -0.2) is 12.4 Å². The fourth-order valence-electron chi connectivity index (χ4n) is 0.673. The van der Waals surface area contributed by atoms with E-state index in [2.05, 4.69) is 55.7 Å². The fourth-order valence-corrected chi connectivity index (χ4v) is 4.43. The number of halogens is 2. The van der Waals surface area contributed by atoms with Gasteiger partial charge in [-0.3, -0.25) is 0 Å². The Morgan fingerprint density at radius 3 is 1.32 bits per heavy atom. The van der Waals surface area contributed by atoms with Gasteiger partial charge in [-0.05, 0) is 0 Å². The van der Waals surface area contributed by atoms with Crippen LogP contribution in [0, 0.1) is 0 Å². The molecule has 0 aromatic carbocycles. The Kier molecular flexibility index (Phi) is 11.6. The van der Waals surface area contributed by atoms with Gasteiger partial charge in [-0.2, -0.15) is 0 Å². The van der Waals surface area contributed by atoms with Crippen molar-refractivity contribution >= 4 is 18.8 Å². The van der Waals surface area contributed by atoms with E-state index in [1.54, 1.807) is 12.4 Å². The van der Waals surface area contributed by atoms with Crippen molar-refractivity contribution in [3.8, 4) is 0 Å². The van der Waals surface area contributed by atoms with Gasteiger partial charge < -0.3 is 10.6 Å². The van der Waals surface area contributed by atoms with Gasteiger partial charge in [-0.15, -0.1) is 11.1 Å². The summed E-state index contributed by atoms with van der Waals surface area (Å²) < 4.78 is 4.00. The maximum absolute atomic E-state index is 5.47. The van der Waals surface area contributed by atoms with Gasteiger partial charge >= 0.3 is 57.3 Å². The van der Waals surface area contributed by atoms with E-state index in [-0.39, 0.29) is 11.1 Å². The zero-order chi connectivity index (χ0) is 15.7. The molecule has 116 valence electrons. The first-order valence-corrected chi connectivity index (χ1v) is 14.8. The first kappa shape index (κ1) is 21.7. The number of hydrogen-bond donors (Lipinski definition) is 0. The van der Waals surface area contributed by atoms with Gasteiger partial charge in [0.25, 0.3) is 0 Å². The second-order valence-electron chi connectivity index (χ2n) is 6.29. The third-order valence-corrected chi connectivity index (χ3v) is 4.67.